The third-order valence-corrected chi connectivity index (χ3v) is 2.97. The number of para-hydroxylation sites is 1. The molecular weight excluding hydrogens is 296 g/mol. The lowest BCUT2D eigenvalue weighted by Crippen LogP contribution is -2.41. The van der Waals surface area contributed by atoms with E-state index < -0.39 is 6.29 Å². The van der Waals surface area contributed by atoms with E-state index in [4.69, 9.17) is 25.8 Å². The predicted molar refractivity (Wildman–Crippen MR) is 80.8 cm³/mol. The van der Waals surface area contributed by atoms with Crippen molar-refractivity contribution >= 4 is 17.6 Å². The van der Waals surface area contributed by atoms with Gasteiger partial charge in [-0.25, -0.2) is 4.79 Å². The summed E-state index contributed by atoms with van der Waals surface area (Å²) < 4.78 is 15.4. The summed E-state index contributed by atoms with van der Waals surface area (Å²) in [4.78, 5) is 11.5. The number of halogens is 1. The molecule has 7 heteroatoms. The summed E-state index contributed by atoms with van der Waals surface area (Å²) >= 11 is 5.96. The Morgan fingerprint density at radius 2 is 1.95 bits per heavy atom. The lowest BCUT2D eigenvalue weighted by atomic mass is 10.3. The Hall–Kier alpha value is -1.50. The number of methoxy groups -OCH3 is 2. The van der Waals surface area contributed by atoms with Crippen molar-refractivity contribution in [3.05, 3.63) is 29.3 Å². The van der Waals surface area contributed by atoms with Crippen LogP contribution in [0.1, 0.15) is 6.42 Å². The van der Waals surface area contributed by atoms with Gasteiger partial charge in [-0.2, -0.15) is 0 Å². The van der Waals surface area contributed by atoms with Crippen LogP contribution in [-0.2, 0) is 9.47 Å². The minimum absolute atomic E-state index is 0.271. The molecule has 2 N–H and O–H groups in total. The first-order chi connectivity index (χ1) is 10.2. The van der Waals surface area contributed by atoms with Crippen LogP contribution in [0.3, 0.4) is 0 Å². The number of nitrogens with one attached hydrogen (secondary N) is 2. The number of hydrogen-bond donors (Lipinski definition) is 2. The predicted octanol–water partition coefficient (Wildman–Crippen LogP) is 2.03. The van der Waals surface area contributed by atoms with Gasteiger partial charge in [-0.15, -0.1) is 0 Å². The molecule has 0 spiro atoms. The largest absolute Gasteiger partial charge is 0.492 e. The molecule has 2 amide bonds. The molecule has 0 unspecified atom stereocenters. The van der Waals surface area contributed by atoms with E-state index in [-0.39, 0.29) is 12.6 Å². The fraction of sp³-hybridized carbons (Fsp3) is 0.500. The third kappa shape index (κ3) is 7.17. The summed E-state index contributed by atoms with van der Waals surface area (Å²) in [5.74, 6) is 0.645. The Kier molecular flexibility index (Phi) is 8.57. The Morgan fingerprint density at radius 3 is 2.62 bits per heavy atom. The molecule has 1 aromatic carbocycles. The maximum Gasteiger partial charge on any atom is 0.314 e. The zero-order chi connectivity index (χ0) is 15.5. The van der Waals surface area contributed by atoms with Gasteiger partial charge in [0.05, 0.1) is 18.2 Å². The van der Waals surface area contributed by atoms with Gasteiger partial charge >= 0.3 is 6.03 Å². The van der Waals surface area contributed by atoms with Gasteiger partial charge in [0.1, 0.15) is 5.75 Å². The zero-order valence-corrected chi connectivity index (χ0v) is 13.0. The molecule has 1 rings (SSSR count). The average Bonchev–Trinajstić information content (AvgIpc) is 2.49. The topological polar surface area (TPSA) is 68.8 Å². The standard InChI is InChI=1S/C14H21ClN2O4/c1-19-13(20-2)10-17-14(18)16-8-5-9-21-12-7-4-3-6-11(12)15/h3-4,6-7,13H,5,8-10H2,1-2H3,(H2,16,17,18). The highest BCUT2D eigenvalue weighted by Crippen LogP contribution is 2.22. The van der Waals surface area contributed by atoms with Gasteiger partial charge in [-0.05, 0) is 18.6 Å². The maximum atomic E-state index is 11.5. The quantitative estimate of drug-likeness (QED) is 0.540. The summed E-state index contributed by atoms with van der Waals surface area (Å²) in [5.41, 5.74) is 0. The van der Waals surface area contributed by atoms with E-state index >= 15 is 0 Å². The minimum Gasteiger partial charge on any atom is -0.492 e. The van der Waals surface area contributed by atoms with Crippen molar-refractivity contribution in [2.45, 2.75) is 12.7 Å². The molecular formula is C14H21ClN2O4. The number of hydrogen-bond acceptors (Lipinski definition) is 4. The van der Waals surface area contributed by atoms with Crippen LogP contribution in [0, 0.1) is 0 Å². The van der Waals surface area contributed by atoms with E-state index in [1.54, 1.807) is 12.1 Å². The SMILES string of the molecule is COC(CNC(=O)NCCCOc1ccccc1Cl)OC. The number of amides is 2. The second-order valence-electron chi connectivity index (χ2n) is 4.17. The van der Waals surface area contributed by atoms with Crippen LogP contribution in [0.25, 0.3) is 0 Å². The van der Waals surface area contributed by atoms with Crippen LogP contribution >= 0.6 is 11.6 Å². The summed E-state index contributed by atoms with van der Waals surface area (Å²) in [5, 5.41) is 5.93. The molecule has 0 atom stereocenters. The van der Waals surface area contributed by atoms with Crippen LogP contribution in [0.15, 0.2) is 24.3 Å². The van der Waals surface area contributed by atoms with Gasteiger partial charge in [0.25, 0.3) is 0 Å². The number of rotatable bonds is 9. The van der Waals surface area contributed by atoms with Crippen LogP contribution in [0.2, 0.25) is 5.02 Å². The highest BCUT2D eigenvalue weighted by Gasteiger charge is 2.07. The number of carbonyl (C=O) groups excluding carboxylic acids is 1. The van der Waals surface area contributed by atoms with Crippen molar-refractivity contribution in [1.82, 2.24) is 10.6 Å². The Morgan fingerprint density at radius 1 is 1.24 bits per heavy atom. The molecule has 118 valence electrons. The van der Waals surface area contributed by atoms with E-state index in [1.807, 2.05) is 12.1 Å². The molecule has 1 aromatic rings. The second kappa shape index (κ2) is 10.3. The molecule has 0 saturated heterocycles. The number of urea groups is 1. The fourth-order valence-electron chi connectivity index (χ4n) is 1.52. The zero-order valence-electron chi connectivity index (χ0n) is 12.2. The van der Waals surface area contributed by atoms with Crippen molar-refractivity contribution in [2.24, 2.45) is 0 Å². The van der Waals surface area contributed by atoms with Crippen molar-refractivity contribution in [1.29, 1.82) is 0 Å². The van der Waals surface area contributed by atoms with E-state index in [2.05, 4.69) is 10.6 Å². The first-order valence-electron chi connectivity index (χ1n) is 6.62. The first kappa shape index (κ1) is 17.6. The molecule has 0 aliphatic heterocycles. The molecule has 0 fully saturated rings. The normalized spacial score (nSPS) is 10.5. The molecule has 0 saturated carbocycles. The molecule has 0 aliphatic rings. The number of carbonyl (C=O) groups is 1. The van der Waals surface area contributed by atoms with Crippen LogP contribution in [-0.4, -0.2) is 46.2 Å². The molecule has 0 aliphatic carbocycles. The van der Waals surface area contributed by atoms with Gasteiger partial charge in [0, 0.05) is 20.8 Å². The Labute approximate surface area is 129 Å². The third-order valence-electron chi connectivity index (χ3n) is 2.66. The van der Waals surface area contributed by atoms with Gasteiger partial charge in [-0.1, -0.05) is 23.7 Å². The lowest BCUT2D eigenvalue weighted by molar-refractivity contribution is -0.0971. The monoisotopic (exact) mass is 316 g/mol. The second-order valence-corrected chi connectivity index (χ2v) is 4.58. The van der Waals surface area contributed by atoms with E-state index in [1.165, 1.54) is 14.2 Å². The summed E-state index contributed by atoms with van der Waals surface area (Å²) in [7, 11) is 3.03. The highest BCUT2D eigenvalue weighted by molar-refractivity contribution is 6.32. The van der Waals surface area contributed by atoms with Gasteiger partial charge < -0.3 is 24.8 Å². The molecule has 0 aromatic heterocycles. The fourth-order valence-corrected chi connectivity index (χ4v) is 1.71. The summed E-state index contributed by atoms with van der Waals surface area (Å²) in [6.07, 6.45) is 0.232. The lowest BCUT2D eigenvalue weighted by Gasteiger charge is -2.14. The van der Waals surface area contributed by atoms with E-state index in [9.17, 15) is 4.79 Å². The maximum absolute atomic E-state index is 11.5. The Bertz CT molecular complexity index is 427. The van der Waals surface area contributed by atoms with Crippen LogP contribution in [0.5, 0.6) is 5.75 Å². The van der Waals surface area contributed by atoms with E-state index in [0.29, 0.717) is 30.3 Å². The molecule has 21 heavy (non-hydrogen) atoms. The van der Waals surface area contributed by atoms with Crippen LogP contribution < -0.4 is 15.4 Å². The summed E-state index contributed by atoms with van der Waals surface area (Å²) in [6, 6.07) is 7.00. The van der Waals surface area contributed by atoms with Crippen molar-refractivity contribution < 1.29 is 19.0 Å². The van der Waals surface area contributed by atoms with Crippen molar-refractivity contribution in [3.63, 3.8) is 0 Å². The number of ether oxygens (including phenoxy) is 3. The molecule has 0 bridgehead atoms. The average molecular weight is 317 g/mol. The van der Waals surface area contributed by atoms with Gasteiger partial charge in [0.15, 0.2) is 6.29 Å². The van der Waals surface area contributed by atoms with E-state index in [0.717, 1.165) is 0 Å². The molecule has 6 nitrogen and oxygen atoms in total. The molecule has 0 radical (unpaired) electrons. The van der Waals surface area contributed by atoms with Crippen LogP contribution in [0.4, 0.5) is 4.79 Å². The first-order valence-corrected chi connectivity index (χ1v) is 6.99. The highest BCUT2D eigenvalue weighted by atomic mass is 35.5. The molecule has 0 heterocycles. The van der Waals surface area contributed by atoms with Crippen molar-refractivity contribution in [3.8, 4) is 5.75 Å². The van der Waals surface area contributed by atoms with Gasteiger partial charge in [-0.3, -0.25) is 0 Å². The minimum atomic E-state index is -0.445. The smallest absolute Gasteiger partial charge is 0.314 e. The summed E-state index contributed by atoms with van der Waals surface area (Å²) in [6.45, 7) is 1.26. The van der Waals surface area contributed by atoms with Gasteiger partial charge in [0.2, 0.25) is 0 Å². The number of benzene rings is 1. The van der Waals surface area contributed by atoms with Crippen molar-refractivity contribution in [2.75, 3.05) is 33.9 Å². The Balaban J connectivity index is 2.08.